The Kier molecular flexibility index (Phi) is 3.98. The Bertz CT molecular complexity index is 893. The van der Waals surface area contributed by atoms with Gasteiger partial charge in [-0.25, -0.2) is 0 Å². The first-order chi connectivity index (χ1) is 11.8. The summed E-state index contributed by atoms with van der Waals surface area (Å²) in [5.74, 6) is 0. The first-order valence-corrected chi connectivity index (χ1v) is 8.62. The van der Waals surface area contributed by atoms with E-state index in [1.807, 2.05) is 0 Å². The van der Waals surface area contributed by atoms with Crippen LogP contribution in [0.1, 0.15) is 16.7 Å². The van der Waals surface area contributed by atoms with E-state index in [0.29, 0.717) is 0 Å². The predicted molar refractivity (Wildman–Crippen MR) is 97.0 cm³/mol. The van der Waals surface area contributed by atoms with Crippen molar-refractivity contribution in [2.75, 3.05) is 0 Å². The van der Waals surface area contributed by atoms with Crippen LogP contribution in [-0.2, 0) is 20.3 Å². The Balaban J connectivity index is 1.89. The van der Waals surface area contributed by atoms with Crippen LogP contribution in [0.2, 0.25) is 0 Å². The maximum absolute atomic E-state index is 4.63. The van der Waals surface area contributed by atoms with Crippen LogP contribution in [0.4, 0.5) is 0 Å². The molecule has 0 radical (unpaired) electrons. The zero-order chi connectivity index (χ0) is 16.4. The quantitative estimate of drug-likeness (QED) is 0.539. The number of hydrogen-bond donors (Lipinski definition) is 0. The monoisotopic (exact) mass is 349 g/mol. The van der Waals surface area contributed by atoms with E-state index in [4.69, 9.17) is 0 Å². The standard InChI is InChI=1S/C23H17.Fe/c1-4-10-18(11-5-1)21-16-22(19-12-6-2-7-13-19)23(17-21)20-14-8-3-9-15-20;/h1-17H;. The molecule has 3 aromatic rings. The first kappa shape index (κ1) is 15.2. The zero-order valence-electron chi connectivity index (χ0n) is 13.2. The van der Waals surface area contributed by atoms with E-state index < -0.39 is 0 Å². The van der Waals surface area contributed by atoms with Crippen LogP contribution in [0.15, 0.2) is 103 Å². The predicted octanol–water partition coefficient (Wildman–Crippen LogP) is 5.61. The molecule has 1 heteroatoms. The zero-order valence-corrected chi connectivity index (χ0v) is 14.3. The first-order valence-electron chi connectivity index (χ1n) is 8.06. The van der Waals surface area contributed by atoms with E-state index in [-0.39, 0.29) is 4.31 Å². The summed E-state index contributed by atoms with van der Waals surface area (Å²) in [6.07, 6.45) is 4.57. The molecule has 24 heavy (non-hydrogen) atoms. The maximum atomic E-state index is 4.63. The Morgan fingerprint density at radius 2 is 1.08 bits per heavy atom. The van der Waals surface area contributed by atoms with E-state index in [9.17, 15) is 0 Å². The van der Waals surface area contributed by atoms with Gasteiger partial charge in [-0.3, -0.25) is 0 Å². The van der Waals surface area contributed by atoms with Gasteiger partial charge in [-0.2, -0.15) is 0 Å². The molecule has 0 nitrogen and oxygen atoms in total. The molecule has 0 heterocycles. The molecule has 0 aromatic heterocycles. The molecule has 4 rings (SSSR count). The van der Waals surface area contributed by atoms with Gasteiger partial charge in [0.25, 0.3) is 0 Å². The molecule has 0 N–H and O–H groups in total. The van der Waals surface area contributed by atoms with E-state index in [2.05, 4.69) is 119 Å². The molecule has 1 aliphatic rings. The molecule has 0 saturated carbocycles. The molecule has 0 fully saturated rings. The third-order valence-electron chi connectivity index (χ3n) is 4.41. The Morgan fingerprint density at radius 3 is 1.67 bits per heavy atom. The van der Waals surface area contributed by atoms with Crippen LogP contribution in [0.3, 0.4) is 0 Å². The number of allylic oxidation sites excluding steroid dienone is 4. The summed E-state index contributed by atoms with van der Waals surface area (Å²) < 4.78 is -0.367. The normalized spacial score (nSPS) is 19.7. The molecule has 1 aliphatic carbocycles. The second kappa shape index (κ2) is 6.28. The van der Waals surface area contributed by atoms with Crippen LogP contribution in [0.5, 0.6) is 0 Å². The van der Waals surface area contributed by atoms with E-state index in [1.165, 1.54) is 27.8 Å². The Morgan fingerprint density at radius 1 is 0.583 bits per heavy atom. The van der Waals surface area contributed by atoms with Gasteiger partial charge in [0.05, 0.1) is 0 Å². The van der Waals surface area contributed by atoms with Crippen molar-refractivity contribution >= 4 is 11.1 Å². The van der Waals surface area contributed by atoms with Crippen LogP contribution >= 0.6 is 0 Å². The van der Waals surface area contributed by atoms with Crippen molar-refractivity contribution in [3.8, 4) is 0 Å². The van der Waals surface area contributed by atoms with Crippen molar-refractivity contribution in [2.45, 2.75) is 4.31 Å². The van der Waals surface area contributed by atoms with Crippen LogP contribution in [-0.4, -0.2) is 0 Å². The van der Waals surface area contributed by atoms with Crippen molar-refractivity contribution in [1.82, 2.24) is 0 Å². The summed E-state index contributed by atoms with van der Waals surface area (Å²) in [7, 11) is 0. The Hall–Kier alpha value is -2.34. The molecule has 0 spiro atoms. The Labute approximate surface area is 151 Å². The molecular weight excluding hydrogens is 332 g/mol. The van der Waals surface area contributed by atoms with Crippen molar-refractivity contribution < 1.29 is 16.0 Å². The molecule has 0 saturated heterocycles. The molecule has 117 valence electrons. The van der Waals surface area contributed by atoms with E-state index in [0.717, 1.165) is 0 Å². The van der Waals surface area contributed by atoms with E-state index >= 15 is 0 Å². The summed E-state index contributed by atoms with van der Waals surface area (Å²) in [6, 6.07) is 31.6. The minimum absolute atomic E-state index is 0.367. The van der Waals surface area contributed by atoms with Crippen molar-refractivity contribution in [2.24, 2.45) is 0 Å². The average molecular weight is 349 g/mol. The van der Waals surface area contributed by atoms with E-state index in [1.54, 1.807) is 0 Å². The average Bonchev–Trinajstić information content (AvgIpc) is 3.03. The number of rotatable bonds is 3. The number of benzene rings is 3. The van der Waals surface area contributed by atoms with Crippen molar-refractivity contribution in [1.29, 1.82) is 0 Å². The fraction of sp³-hybridized carbons (Fsp3) is 0.0435. The van der Waals surface area contributed by atoms with Gasteiger partial charge >= 0.3 is 151 Å². The second-order valence-electron chi connectivity index (χ2n) is 5.95. The molecule has 0 aliphatic heterocycles. The van der Waals surface area contributed by atoms with Crippen molar-refractivity contribution in [3.05, 3.63) is 120 Å². The molecular formula is C23H17Fe. The van der Waals surface area contributed by atoms with Gasteiger partial charge in [0.1, 0.15) is 0 Å². The summed E-state index contributed by atoms with van der Waals surface area (Å²) in [6.45, 7) is 0. The topological polar surface area (TPSA) is 0 Å². The third-order valence-corrected chi connectivity index (χ3v) is 5.19. The minimum atomic E-state index is -0.367. The molecule has 1 unspecified atom stereocenters. The van der Waals surface area contributed by atoms with Gasteiger partial charge in [0.2, 0.25) is 0 Å². The SMILES string of the molecule is [Fe][C]1(c2ccccc2)C=C(c2ccccc2)C=C1c1ccccc1. The fourth-order valence-corrected chi connectivity index (χ4v) is 3.80. The molecule has 1 atom stereocenters. The van der Waals surface area contributed by atoms with Gasteiger partial charge in [-0.15, -0.1) is 0 Å². The van der Waals surface area contributed by atoms with Gasteiger partial charge in [-0.05, 0) is 0 Å². The van der Waals surface area contributed by atoms with Gasteiger partial charge in [0.15, 0.2) is 0 Å². The van der Waals surface area contributed by atoms with Gasteiger partial charge in [-0.1, -0.05) is 0 Å². The van der Waals surface area contributed by atoms with Crippen LogP contribution < -0.4 is 0 Å². The van der Waals surface area contributed by atoms with Crippen LogP contribution in [0, 0.1) is 0 Å². The summed E-state index contributed by atoms with van der Waals surface area (Å²) in [5, 5.41) is 0. The number of hydrogen-bond acceptors (Lipinski definition) is 0. The fourth-order valence-electron chi connectivity index (χ4n) is 3.21. The third kappa shape index (κ3) is 2.67. The van der Waals surface area contributed by atoms with Crippen molar-refractivity contribution in [3.63, 3.8) is 0 Å². The van der Waals surface area contributed by atoms with Crippen LogP contribution in [0.25, 0.3) is 11.1 Å². The van der Waals surface area contributed by atoms with Gasteiger partial charge in [0, 0.05) is 0 Å². The molecule has 0 amide bonds. The molecule has 0 bridgehead atoms. The summed E-state index contributed by atoms with van der Waals surface area (Å²) >= 11 is 4.63. The summed E-state index contributed by atoms with van der Waals surface area (Å²) in [4.78, 5) is 0. The summed E-state index contributed by atoms with van der Waals surface area (Å²) in [5.41, 5.74) is 6.14. The molecule has 3 aromatic carbocycles. The van der Waals surface area contributed by atoms with Gasteiger partial charge < -0.3 is 0 Å². The second-order valence-corrected chi connectivity index (χ2v) is 6.82.